The Morgan fingerprint density at radius 2 is 0.808 bits per heavy atom. The van der Waals surface area contributed by atoms with Gasteiger partial charge in [0.1, 0.15) is 11.2 Å². The first kappa shape index (κ1) is 30.0. The monoisotopic (exact) mass is 663 g/mol. The highest BCUT2D eigenvalue weighted by Crippen LogP contribution is 2.48. The van der Waals surface area contributed by atoms with Crippen molar-refractivity contribution in [2.75, 3.05) is 4.90 Å². The van der Waals surface area contributed by atoms with Gasteiger partial charge in [-0.15, -0.1) is 0 Å². The van der Waals surface area contributed by atoms with Crippen LogP contribution in [0.1, 0.15) is 0 Å². The lowest BCUT2D eigenvalue weighted by Crippen LogP contribution is -2.11. The SMILES string of the molecule is c1ccc(-c2ccc(N(c3ccc(-c4ccccc4)cc3)c3c4ccccc4cc4oc5cc(-c6ccc7ccccc7c6)ccc5c34)cc2)cc1. The molecule has 0 radical (unpaired) electrons. The Hall–Kier alpha value is -6.90. The van der Waals surface area contributed by atoms with E-state index in [4.69, 9.17) is 4.42 Å². The van der Waals surface area contributed by atoms with Gasteiger partial charge in [-0.1, -0.05) is 152 Å². The molecule has 9 aromatic carbocycles. The van der Waals surface area contributed by atoms with Gasteiger partial charge in [-0.3, -0.25) is 0 Å². The van der Waals surface area contributed by atoms with E-state index in [0.717, 1.165) is 55.3 Å². The van der Waals surface area contributed by atoms with E-state index in [9.17, 15) is 0 Å². The smallest absolute Gasteiger partial charge is 0.138 e. The largest absolute Gasteiger partial charge is 0.456 e. The van der Waals surface area contributed by atoms with Crippen molar-refractivity contribution in [3.8, 4) is 33.4 Å². The van der Waals surface area contributed by atoms with Crippen LogP contribution in [0.2, 0.25) is 0 Å². The highest BCUT2D eigenvalue weighted by molar-refractivity contribution is 6.22. The summed E-state index contributed by atoms with van der Waals surface area (Å²) in [5.74, 6) is 0. The predicted octanol–water partition coefficient (Wildman–Crippen LogP) is 14.4. The number of nitrogens with zero attached hydrogens (tertiary/aromatic N) is 1. The van der Waals surface area contributed by atoms with E-state index in [-0.39, 0.29) is 0 Å². The molecule has 1 aromatic heterocycles. The maximum atomic E-state index is 6.80. The first-order valence-corrected chi connectivity index (χ1v) is 17.8. The van der Waals surface area contributed by atoms with Crippen molar-refractivity contribution in [1.82, 2.24) is 0 Å². The molecular formula is C50H33NO. The summed E-state index contributed by atoms with van der Waals surface area (Å²) in [6.07, 6.45) is 0. The minimum atomic E-state index is 0.867. The molecule has 0 aliphatic carbocycles. The lowest BCUT2D eigenvalue weighted by atomic mass is 9.98. The third-order valence-corrected chi connectivity index (χ3v) is 10.2. The maximum Gasteiger partial charge on any atom is 0.138 e. The number of benzene rings is 9. The van der Waals surface area contributed by atoms with Crippen LogP contribution in [0.25, 0.3) is 76.9 Å². The zero-order chi connectivity index (χ0) is 34.4. The molecule has 2 nitrogen and oxygen atoms in total. The van der Waals surface area contributed by atoms with Gasteiger partial charge in [0.25, 0.3) is 0 Å². The van der Waals surface area contributed by atoms with Gasteiger partial charge in [0.05, 0.1) is 11.1 Å². The van der Waals surface area contributed by atoms with E-state index in [1.807, 2.05) is 0 Å². The highest BCUT2D eigenvalue weighted by Gasteiger charge is 2.23. The maximum absolute atomic E-state index is 6.80. The van der Waals surface area contributed by atoms with Crippen LogP contribution in [0.3, 0.4) is 0 Å². The van der Waals surface area contributed by atoms with Crippen LogP contribution in [0.15, 0.2) is 205 Å². The molecule has 52 heavy (non-hydrogen) atoms. The Labute approximate surface area is 302 Å². The van der Waals surface area contributed by atoms with Crippen molar-refractivity contribution in [3.05, 3.63) is 200 Å². The van der Waals surface area contributed by atoms with Gasteiger partial charge >= 0.3 is 0 Å². The molecule has 0 aliphatic rings. The topological polar surface area (TPSA) is 16.4 Å². The summed E-state index contributed by atoms with van der Waals surface area (Å²) in [6, 6.07) is 71.6. The van der Waals surface area contributed by atoms with Crippen LogP contribution < -0.4 is 4.90 Å². The van der Waals surface area contributed by atoms with Crippen molar-refractivity contribution in [3.63, 3.8) is 0 Å². The fourth-order valence-corrected chi connectivity index (χ4v) is 7.63. The summed E-state index contributed by atoms with van der Waals surface area (Å²) >= 11 is 0. The highest BCUT2D eigenvalue weighted by atomic mass is 16.3. The molecule has 1 heterocycles. The van der Waals surface area contributed by atoms with E-state index < -0.39 is 0 Å². The Morgan fingerprint density at radius 1 is 0.308 bits per heavy atom. The average molecular weight is 664 g/mol. The zero-order valence-corrected chi connectivity index (χ0v) is 28.4. The number of rotatable bonds is 6. The number of hydrogen-bond donors (Lipinski definition) is 0. The van der Waals surface area contributed by atoms with Crippen LogP contribution in [0.5, 0.6) is 0 Å². The minimum Gasteiger partial charge on any atom is -0.456 e. The molecule has 0 N–H and O–H groups in total. The van der Waals surface area contributed by atoms with Crippen molar-refractivity contribution in [2.24, 2.45) is 0 Å². The normalized spacial score (nSPS) is 11.5. The summed E-state index contributed by atoms with van der Waals surface area (Å²) in [5, 5.41) is 6.94. The number of furan rings is 1. The molecule has 2 heteroatoms. The van der Waals surface area contributed by atoms with E-state index in [1.165, 1.54) is 38.6 Å². The van der Waals surface area contributed by atoms with Gasteiger partial charge < -0.3 is 9.32 Å². The van der Waals surface area contributed by atoms with E-state index >= 15 is 0 Å². The quantitative estimate of drug-likeness (QED) is 0.176. The van der Waals surface area contributed by atoms with Crippen LogP contribution in [0, 0.1) is 0 Å². The number of anilines is 3. The molecule has 0 aliphatic heterocycles. The van der Waals surface area contributed by atoms with Gasteiger partial charge in [-0.25, -0.2) is 0 Å². The summed E-state index contributed by atoms with van der Waals surface area (Å²) in [6.45, 7) is 0. The lowest BCUT2D eigenvalue weighted by Gasteiger charge is -2.28. The van der Waals surface area contributed by atoms with E-state index in [1.54, 1.807) is 0 Å². The first-order chi connectivity index (χ1) is 25.8. The number of fused-ring (bicyclic) bond motifs is 5. The fraction of sp³-hybridized carbons (Fsp3) is 0. The summed E-state index contributed by atoms with van der Waals surface area (Å²) in [4.78, 5) is 2.40. The molecule has 0 atom stereocenters. The molecular weight excluding hydrogens is 631 g/mol. The first-order valence-electron chi connectivity index (χ1n) is 17.8. The van der Waals surface area contributed by atoms with Crippen molar-refractivity contribution in [2.45, 2.75) is 0 Å². The van der Waals surface area contributed by atoms with Crippen LogP contribution in [0.4, 0.5) is 17.1 Å². The van der Waals surface area contributed by atoms with Crippen LogP contribution in [-0.2, 0) is 0 Å². The molecule has 0 amide bonds. The Kier molecular flexibility index (Phi) is 7.18. The predicted molar refractivity (Wildman–Crippen MR) is 220 cm³/mol. The molecule has 0 spiro atoms. The van der Waals surface area contributed by atoms with Crippen LogP contribution >= 0.6 is 0 Å². The summed E-state index contributed by atoms with van der Waals surface area (Å²) in [5.41, 5.74) is 12.1. The van der Waals surface area contributed by atoms with Crippen molar-refractivity contribution >= 4 is 60.5 Å². The average Bonchev–Trinajstić information content (AvgIpc) is 3.59. The standard InChI is InChI=1S/C50H33NO/c1-3-11-34(12-4-1)37-21-26-43(27-22-37)51(44-28-23-38(24-29-44)35-13-5-2-6-14-35)50-45-18-10-9-17-42(45)33-48-49(50)46-30-25-41(32-47(46)52-48)40-20-19-36-15-7-8-16-39(36)31-40/h1-33H. The summed E-state index contributed by atoms with van der Waals surface area (Å²) in [7, 11) is 0. The molecule has 244 valence electrons. The molecule has 0 fully saturated rings. The Balaban J connectivity index is 1.19. The van der Waals surface area contributed by atoms with Gasteiger partial charge in [-0.05, 0) is 98.1 Å². The van der Waals surface area contributed by atoms with Gasteiger partial charge in [0, 0.05) is 22.1 Å². The molecule has 10 rings (SSSR count). The van der Waals surface area contributed by atoms with Gasteiger partial charge in [-0.2, -0.15) is 0 Å². The zero-order valence-electron chi connectivity index (χ0n) is 28.4. The van der Waals surface area contributed by atoms with Crippen molar-refractivity contribution in [1.29, 1.82) is 0 Å². The second-order valence-corrected chi connectivity index (χ2v) is 13.4. The van der Waals surface area contributed by atoms with Crippen molar-refractivity contribution < 1.29 is 4.42 Å². The molecule has 0 saturated heterocycles. The molecule has 0 unspecified atom stereocenters. The van der Waals surface area contributed by atoms with Gasteiger partial charge in [0.15, 0.2) is 0 Å². The summed E-state index contributed by atoms with van der Waals surface area (Å²) < 4.78 is 6.80. The molecule has 0 bridgehead atoms. The fourth-order valence-electron chi connectivity index (χ4n) is 7.63. The Bertz CT molecular complexity index is 2790. The van der Waals surface area contributed by atoms with Gasteiger partial charge in [0.2, 0.25) is 0 Å². The molecule has 0 saturated carbocycles. The molecule has 10 aromatic rings. The third kappa shape index (κ3) is 5.21. The minimum absolute atomic E-state index is 0.867. The Morgan fingerprint density at radius 3 is 1.46 bits per heavy atom. The van der Waals surface area contributed by atoms with Crippen LogP contribution in [-0.4, -0.2) is 0 Å². The second kappa shape index (κ2) is 12.5. The van der Waals surface area contributed by atoms with E-state index in [0.29, 0.717) is 0 Å². The lowest BCUT2D eigenvalue weighted by molar-refractivity contribution is 0.669. The number of hydrogen-bond acceptors (Lipinski definition) is 2. The van der Waals surface area contributed by atoms with E-state index in [2.05, 4.69) is 205 Å². The third-order valence-electron chi connectivity index (χ3n) is 10.2. The second-order valence-electron chi connectivity index (χ2n) is 13.4.